The fraction of sp³-hybridized carbons (Fsp3) is 0.250. The largest absolute Gasteiger partial charge is 0.495 e. The van der Waals surface area contributed by atoms with Crippen molar-refractivity contribution in [1.82, 2.24) is 14.6 Å². The number of hydrogen-bond donors (Lipinski definition) is 0. The molecule has 3 aromatic rings. The van der Waals surface area contributed by atoms with Crippen LogP contribution in [0.4, 0.5) is 4.39 Å². The molecule has 0 N–H and O–H groups in total. The molecule has 1 fully saturated rings. The van der Waals surface area contributed by atoms with Crippen molar-refractivity contribution in [2.75, 3.05) is 20.3 Å². The molecule has 1 unspecified atom stereocenters. The summed E-state index contributed by atoms with van der Waals surface area (Å²) in [6, 6.07) is 12.6. The first-order valence-corrected chi connectivity index (χ1v) is 10.2. The Bertz CT molecular complexity index is 1170. The lowest BCUT2D eigenvalue weighted by atomic mass is 10.0. The third kappa shape index (κ3) is 3.72. The number of hydrogen-bond acceptors (Lipinski definition) is 5. The van der Waals surface area contributed by atoms with Crippen molar-refractivity contribution in [2.45, 2.75) is 19.4 Å². The summed E-state index contributed by atoms with van der Waals surface area (Å²) in [7, 11) is 1.67. The van der Waals surface area contributed by atoms with Crippen molar-refractivity contribution >= 4 is 11.9 Å². The van der Waals surface area contributed by atoms with E-state index in [0.29, 0.717) is 13.2 Å². The highest BCUT2D eigenvalue weighted by molar-refractivity contribution is 6.03. The lowest BCUT2D eigenvalue weighted by molar-refractivity contribution is -0.126. The van der Waals surface area contributed by atoms with E-state index in [9.17, 15) is 4.39 Å². The van der Waals surface area contributed by atoms with Gasteiger partial charge >= 0.3 is 0 Å². The molecule has 2 aliphatic rings. The first-order valence-electron chi connectivity index (χ1n) is 10.2. The normalized spacial score (nSPS) is 19.5. The maximum atomic E-state index is 13.3. The topological polar surface area (TPSA) is 51.9 Å². The number of imidazole rings is 1. The molecule has 3 heterocycles. The number of halogens is 1. The third-order valence-electron chi connectivity index (χ3n) is 5.58. The highest BCUT2D eigenvalue weighted by atomic mass is 19.1. The molecule has 0 bridgehead atoms. The van der Waals surface area contributed by atoms with Crippen molar-refractivity contribution < 1.29 is 14.0 Å². The van der Waals surface area contributed by atoms with E-state index in [1.165, 1.54) is 12.1 Å². The molecule has 0 aliphatic carbocycles. The van der Waals surface area contributed by atoms with Crippen molar-refractivity contribution in [3.05, 3.63) is 83.2 Å². The van der Waals surface area contributed by atoms with Crippen molar-refractivity contribution in [3.63, 3.8) is 0 Å². The zero-order chi connectivity index (χ0) is 21.4. The molecule has 0 amide bonds. The van der Waals surface area contributed by atoms with Gasteiger partial charge in [0.2, 0.25) is 0 Å². The lowest BCUT2D eigenvalue weighted by Gasteiger charge is -2.32. The molecule has 5 rings (SSSR count). The number of rotatable bonds is 4. The zero-order valence-electron chi connectivity index (χ0n) is 17.5. The van der Waals surface area contributed by atoms with Crippen LogP contribution in [0.1, 0.15) is 29.3 Å². The Morgan fingerprint density at radius 2 is 2.03 bits per heavy atom. The highest BCUT2D eigenvalue weighted by Crippen LogP contribution is 2.34. The van der Waals surface area contributed by atoms with Gasteiger partial charge in [-0.3, -0.25) is 9.83 Å². The third-order valence-corrected chi connectivity index (χ3v) is 5.58. The smallest absolute Gasteiger partial charge is 0.152 e. The second-order valence-electron chi connectivity index (χ2n) is 7.66. The van der Waals surface area contributed by atoms with Crippen LogP contribution in [-0.4, -0.2) is 40.7 Å². The summed E-state index contributed by atoms with van der Waals surface area (Å²) in [5.41, 5.74) is 5.02. The van der Waals surface area contributed by atoms with Gasteiger partial charge in [0.1, 0.15) is 17.6 Å². The second-order valence-corrected chi connectivity index (χ2v) is 7.66. The Morgan fingerprint density at radius 3 is 2.77 bits per heavy atom. The molecule has 158 valence electrons. The Labute approximate surface area is 180 Å². The average molecular weight is 418 g/mol. The van der Waals surface area contributed by atoms with Gasteiger partial charge in [-0.2, -0.15) is 0 Å². The van der Waals surface area contributed by atoms with Crippen LogP contribution in [0, 0.1) is 12.7 Å². The quantitative estimate of drug-likeness (QED) is 0.626. The van der Waals surface area contributed by atoms with E-state index in [-0.39, 0.29) is 11.9 Å². The van der Waals surface area contributed by atoms with Crippen LogP contribution in [-0.2, 0) is 4.84 Å². The van der Waals surface area contributed by atoms with Crippen molar-refractivity contribution in [1.29, 1.82) is 0 Å². The predicted molar refractivity (Wildman–Crippen MR) is 117 cm³/mol. The van der Waals surface area contributed by atoms with Gasteiger partial charge in [-0.1, -0.05) is 18.2 Å². The molecular weight excluding hydrogens is 395 g/mol. The van der Waals surface area contributed by atoms with Gasteiger partial charge in [-0.15, -0.1) is 0 Å². The molecule has 0 spiro atoms. The maximum absolute atomic E-state index is 13.3. The Kier molecular flexibility index (Phi) is 5.03. The number of methoxy groups -OCH3 is 1. The van der Waals surface area contributed by atoms with Crippen LogP contribution in [0.25, 0.3) is 11.8 Å². The van der Waals surface area contributed by atoms with E-state index in [2.05, 4.69) is 17.1 Å². The number of fused-ring (bicyclic) bond motifs is 1. The summed E-state index contributed by atoms with van der Waals surface area (Å²) in [4.78, 5) is 15.0. The monoisotopic (exact) mass is 418 g/mol. The van der Waals surface area contributed by atoms with Gasteiger partial charge in [0, 0.05) is 12.6 Å². The molecule has 2 aliphatic heterocycles. The Hall–Kier alpha value is -3.45. The standard InChI is InChI=1S/C24H23FN4O2/c1-16-14-28(15-27-16)21-8-3-17(12-23(21)30-2)11-19-9-10-31-29-22(13-26-24(19)29)18-4-6-20(25)7-5-18/h3-8,11-12,14-15,22H,9-10,13H2,1-2H3/b19-11-. The van der Waals surface area contributed by atoms with Crippen molar-refractivity contribution in [3.8, 4) is 11.4 Å². The predicted octanol–water partition coefficient (Wildman–Crippen LogP) is 4.50. The molecular formula is C24H23FN4O2. The number of amidine groups is 1. The minimum absolute atomic E-state index is 0.0410. The molecule has 0 saturated carbocycles. The fourth-order valence-corrected chi connectivity index (χ4v) is 4.04. The minimum atomic E-state index is -0.244. The lowest BCUT2D eigenvalue weighted by Crippen LogP contribution is -2.36. The number of hydroxylamine groups is 2. The van der Waals surface area contributed by atoms with E-state index < -0.39 is 0 Å². The van der Waals surface area contributed by atoms with E-state index in [0.717, 1.165) is 46.1 Å². The Balaban J connectivity index is 1.42. The molecule has 7 heteroatoms. The summed E-state index contributed by atoms with van der Waals surface area (Å²) in [6.07, 6.45) is 6.66. The number of ether oxygens (including phenoxy) is 1. The van der Waals surface area contributed by atoms with Crippen LogP contribution in [0.5, 0.6) is 5.75 Å². The first kappa shape index (κ1) is 19.5. The highest BCUT2D eigenvalue weighted by Gasteiger charge is 2.34. The maximum Gasteiger partial charge on any atom is 0.152 e. The number of benzene rings is 2. The van der Waals surface area contributed by atoms with Crippen LogP contribution in [0.15, 0.2) is 65.6 Å². The SMILES string of the molecule is COc1cc(/C=C2/CCON3C2=NCC3c2ccc(F)cc2)ccc1-n1cnc(C)c1. The second kappa shape index (κ2) is 8.00. The van der Waals surface area contributed by atoms with E-state index in [4.69, 9.17) is 14.6 Å². The van der Waals surface area contributed by atoms with Crippen LogP contribution in [0.2, 0.25) is 0 Å². The van der Waals surface area contributed by atoms with E-state index in [1.54, 1.807) is 25.6 Å². The number of aryl methyl sites for hydroxylation is 1. The van der Waals surface area contributed by atoms with Gasteiger partial charge in [0.15, 0.2) is 5.84 Å². The number of aromatic nitrogens is 2. The number of nitrogens with zero attached hydrogens (tertiary/aromatic N) is 4. The van der Waals surface area contributed by atoms with Gasteiger partial charge in [0.25, 0.3) is 0 Å². The van der Waals surface area contributed by atoms with E-state index in [1.807, 2.05) is 34.9 Å². The summed E-state index contributed by atoms with van der Waals surface area (Å²) in [5, 5.41) is 1.86. The zero-order valence-corrected chi connectivity index (χ0v) is 17.5. The average Bonchev–Trinajstić information content (AvgIpc) is 3.41. The first-order chi connectivity index (χ1) is 15.1. The van der Waals surface area contributed by atoms with Crippen LogP contribution in [0.3, 0.4) is 0 Å². The van der Waals surface area contributed by atoms with Gasteiger partial charge in [0.05, 0.1) is 38.0 Å². The molecule has 6 nitrogen and oxygen atoms in total. The summed E-state index contributed by atoms with van der Waals surface area (Å²) < 4.78 is 20.9. The van der Waals surface area contributed by atoms with Crippen LogP contribution < -0.4 is 4.74 Å². The molecule has 31 heavy (non-hydrogen) atoms. The summed E-state index contributed by atoms with van der Waals surface area (Å²) in [6.45, 7) is 3.12. The summed E-state index contributed by atoms with van der Waals surface area (Å²) in [5.74, 6) is 1.37. The van der Waals surface area contributed by atoms with Gasteiger partial charge in [-0.05, 0) is 54.0 Å². The molecule has 2 aromatic carbocycles. The summed E-state index contributed by atoms with van der Waals surface area (Å²) >= 11 is 0. The molecule has 0 radical (unpaired) electrons. The molecule has 1 aromatic heterocycles. The van der Waals surface area contributed by atoms with Crippen molar-refractivity contribution in [2.24, 2.45) is 4.99 Å². The van der Waals surface area contributed by atoms with Gasteiger partial charge in [-0.25, -0.2) is 14.4 Å². The minimum Gasteiger partial charge on any atom is -0.495 e. The molecule has 1 atom stereocenters. The Morgan fingerprint density at radius 1 is 1.19 bits per heavy atom. The van der Waals surface area contributed by atoms with E-state index >= 15 is 0 Å². The van der Waals surface area contributed by atoms with Gasteiger partial charge < -0.3 is 9.30 Å². The number of aliphatic imine (C=N–C) groups is 1. The molecule has 1 saturated heterocycles. The fourth-order valence-electron chi connectivity index (χ4n) is 4.04. The van der Waals surface area contributed by atoms with Crippen LogP contribution >= 0.6 is 0 Å².